The second-order valence-electron chi connectivity index (χ2n) is 5.60. The molecule has 5 atom stereocenters. The summed E-state index contributed by atoms with van der Waals surface area (Å²) in [5.41, 5.74) is 0. The van der Waals surface area contributed by atoms with Crippen molar-refractivity contribution < 1.29 is 47.6 Å². The molecule has 0 saturated carbocycles. The van der Waals surface area contributed by atoms with E-state index < -0.39 is 65.0 Å². The lowest BCUT2D eigenvalue weighted by molar-refractivity contribution is -0.301. The van der Waals surface area contributed by atoms with Crippen LogP contribution in [0.3, 0.4) is 0 Å². The summed E-state index contributed by atoms with van der Waals surface area (Å²) in [6.07, 6.45) is -7.50. The fourth-order valence-corrected chi connectivity index (χ4v) is 2.58. The highest BCUT2D eigenvalue weighted by atomic mass is 35.6. The zero-order chi connectivity index (χ0) is 21.6. The molecular formula is C15H19Cl3O10. The van der Waals surface area contributed by atoms with Crippen molar-refractivity contribution in [1.82, 2.24) is 0 Å². The first-order valence-electron chi connectivity index (χ1n) is 7.79. The highest BCUT2D eigenvalue weighted by molar-refractivity contribution is 6.67. The van der Waals surface area contributed by atoms with Gasteiger partial charge in [-0.1, -0.05) is 34.8 Å². The van der Waals surface area contributed by atoms with Gasteiger partial charge in [-0.2, -0.15) is 0 Å². The number of carbonyl (C=O) groups excluding carboxylic acids is 4. The van der Waals surface area contributed by atoms with Gasteiger partial charge in [0.25, 0.3) is 0 Å². The molecule has 0 amide bonds. The average molecular weight is 466 g/mol. The maximum absolute atomic E-state index is 12.1. The minimum absolute atomic E-state index is 0.529. The van der Waals surface area contributed by atoms with Crippen molar-refractivity contribution in [3.63, 3.8) is 0 Å². The van der Waals surface area contributed by atoms with Gasteiger partial charge in [-0.15, -0.1) is 0 Å². The molecular weight excluding hydrogens is 447 g/mol. The second-order valence-corrected chi connectivity index (χ2v) is 8.11. The molecule has 0 aromatic carbocycles. The first kappa shape index (κ1) is 24.7. The van der Waals surface area contributed by atoms with Gasteiger partial charge >= 0.3 is 23.9 Å². The third-order valence-corrected chi connectivity index (χ3v) is 3.57. The topological polar surface area (TPSA) is 124 Å². The maximum atomic E-state index is 12.1. The van der Waals surface area contributed by atoms with Crippen LogP contribution in [0.15, 0.2) is 0 Å². The van der Waals surface area contributed by atoms with Gasteiger partial charge in [0.15, 0.2) is 30.7 Å². The Kier molecular flexibility index (Phi) is 9.22. The number of hydrogen-bond acceptors (Lipinski definition) is 10. The SMILES string of the molecule is COC(=O)[C@H]1O[C@@H](OCC(Cl)(Cl)Cl)[C@H](OC(C)=O)[C@@H](OC(C)=O)[C@@H]1OC(C)=O. The third kappa shape index (κ3) is 7.59. The van der Waals surface area contributed by atoms with Crippen molar-refractivity contribution in [3.05, 3.63) is 0 Å². The zero-order valence-electron chi connectivity index (χ0n) is 15.3. The van der Waals surface area contributed by atoms with E-state index in [1.807, 2.05) is 0 Å². The number of halogens is 3. The summed E-state index contributed by atoms with van der Waals surface area (Å²) in [5.74, 6) is -3.40. The molecule has 1 fully saturated rings. The summed E-state index contributed by atoms with van der Waals surface area (Å²) in [5, 5.41) is 0. The van der Waals surface area contributed by atoms with Crippen LogP contribution in [-0.2, 0) is 47.6 Å². The van der Waals surface area contributed by atoms with Crippen molar-refractivity contribution in [2.24, 2.45) is 0 Å². The molecule has 1 rings (SSSR count). The fraction of sp³-hybridized carbons (Fsp3) is 0.733. The van der Waals surface area contributed by atoms with E-state index in [-0.39, 0.29) is 0 Å². The van der Waals surface area contributed by atoms with Crippen LogP contribution in [0.5, 0.6) is 0 Å². The van der Waals surface area contributed by atoms with E-state index in [1.54, 1.807) is 0 Å². The standard InChI is InChI=1S/C15H19Cl3O10/c1-6(19)25-9-10(26-7(2)20)12(27-8(3)21)14(24-5-15(16,17)18)28-11(9)13(22)23-4/h9-12,14H,5H2,1-4H3/t9-,10-,11-,12+,14+/m0/s1. The molecule has 160 valence electrons. The minimum Gasteiger partial charge on any atom is -0.467 e. The number of ether oxygens (including phenoxy) is 6. The molecule has 0 aromatic heterocycles. The van der Waals surface area contributed by atoms with Crippen LogP contribution < -0.4 is 0 Å². The summed E-state index contributed by atoms with van der Waals surface area (Å²) in [6, 6.07) is 0. The van der Waals surface area contributed by atoms with Crippen LogP contribution in [0.4, 0.5) is 0 Å². The van der Waals surface area contributed by atoms with Crippen LogP contribution >= 0.6 is 34.8 Å². The summed E-state index contributed by atoms with van der Waals surface area (Å²) in [4.78, 5) is 46.8. The van der Waals surface area contributed by atoms with Crippen molar-refractivity contribution in [3.8, 4) is 0 Å². The highest BCUT2D eigenvalue weighted by Crippen LogP contribution is 2.33. The number of rotatable bonds is 6. The van der Waals surface area contributed by atoms with Crippen molar-refractivity contribution >= 4 is 58.7 Å². The summed E-state index contributed by atoms with van der Waals surface area (Å²) < 4.78 is 28.9. The zero-order valence-corrected chi connectivity index (χ0v) is 17.6. The van der Waals surface area contributed by atoms with Crippen LogP contribution in [0.25, 0.3) is 0 Å². The Morgan fingerprint density at radius 3 is 1.75 bits per heavy atom. The van der Waals surface area contributed by atoms with Gasteiger partial charge < -0.3 is 28.4 Å². The van der Waals surface area contributed by atoms with Crippen LogP contribution in [0.1, 0.15) is 20.8 Å². The van der Waals surface area contributed by atoms with Gasteiger partial charge in [0.05, 0.1) is 13.7 Å². The van der Waals surface area contributed by atoms with E-state index in [2.05, 4.69) is 4.74 Å². The van der Waals surface area contributed by atoms with Crippen LogP contribution in [-0.4, -0.2) is 72.1 Å². The smallest absolute Gasteiger partial charge is 0.339 e. The lowest BCUT2D eigenvalue weighted by atomic mass is 9.97. The largest absolute Gasteiger partial charge is 0.467 e. The average Bonchev–Trinajstić information content (AvgIpc) is 2.54. The number of carbonyl (C=O) groups is 4. The molecule has 10 nitrogen and oxygen atoms in total. The molecule has 1 aliphatic rings. The normalized spacial score (nSPS) is 27.5. The van der Waals surface area contributed by atoms with Gasteiger partial charge in [0.2, 0.25) is 3.79 Å². The number of hydrogen-bond donors (Lipinski definition) is 0. The molecule has 28 heavy (non-hydrogen) atoms. The highest BCUT2D eigenvalue weighted by Gasteiger charge is 2.55. The molecule has 0 aromatic rings. The minimum atomic E-state index is -1.87. The van der Waals surface area contributed by atoms with E-state index in [9.17, 15) is 19.2 Å². The summed E-state index contributed by atoms with van der Waals surface area (Å²) in [6.45, 7) is 2.67. The number of methoxy groups -OCH3 is 1. The van der Waals surface area contributed by atoms with Gasteiger partial charge in [0.1, 0.15) is 0 Å². The molecule has 13 heteroatoms. The molecule has 1 heterocycles. The van der Waals surface area contributed by atoms with Crippen molar-refractivity contribution in [1.29, 1.82) is 0 Å². The van der Waals surface area contributed by atoms with Crippen LogP contribution in [0.2, 0.25) is 0 Å². The monoisotopic (exact) mass is 464 g/mol. The quantitative estimate of drug-likeness (QED) is 0.319. The number of esters is 4. The van der Waals surface area contributed by atoms with E-state index in [4.69, 9.17) is 58.5 Å². The Labute approximate surface area is 175 Å². The first-order valence-corrected chi connectivity index (χ1v) is 8.92. The molecule has 1 saturated heterocycles. The Morgan fingerprint density at radius 1 is 0.857 bits per heavy atom. The van der Waals surface area contributed by atoms with Crippen molar-refractivity contribution in [2.45, 2.75) is 55.3 Å². The predicted octanol–water partition coefficient (Wildman–Crippen LogP) is 1.07. The van der Waals surface area contributed by atoms with Gasteiger partial charge in [-0.3, -0.25) is 14.4 Å². The third-order valence-electron chi connectivity index (χ3n) is 3.25. The van der Waals surface area contributed by atoms with Gasteiger partial charge in [0, 0.05) is 20.8 Å². The van der Waals surface area contributed by atoms with Gasteiger partial charge in [-0.05, 0) is 0 Å². The van der Waals surface area contributed by atoms with E-state index in [0.29, 0.717) is 0 Å². The second kappa shape index (κ2) is 10.4. The van der Waals surface area contributed by atoms with Crippen LogP contribution in [0, 0.1) is 0 Å². The van der Waals surface area contributed by atoms with E-state index >= 15 is 0 Å². The Morgan fingerprint density at radius 2 is 1.32 bits per heavy atom. The maximum Gasteiger partial charge on any atom is 0.339 e. The molecule has 0 spiro atoms. The Balaban J connectivity index is 3.34. The Hall–Kier alpha value is -1.33. The number of alkyl halides is 3. The lowest BCUT2D eigenvalue weighted by Crippen LogP contribution is -2.64. The summed E-state index contributed by atoms with van der Waals surface area (Å²) >= 11 is 16.9. The first-order chi connectivity index (χ1) is 12.9. The molecule has 1 aliphatic heterocycles. The Bertz CT molecular complexity index is 605. The van der Waals surface area contributed by atoms with Gasteiger partial charge in [-0.25, -0.2) is 4.79 Å². The molecule has 0 bridgehead atoms. The molecule has 0 aliphatic carbocycles. The summed E-state index contributed by atoms with van der Waals surface area (Å²) in [7, 11) is 1.06. The van der Waals surface area contributed by atoms with Crippen molar-refractivity contribution in [2.75, 3.05) is 13.7 Å². The lowest BCUT2D eigenvalue weighted by Gasteiger charge is -2.43. The molecule has 0 N–H and O–H groups in total. The predicted molar refractivity (Wildman–Crippen MR) is 93.6 cm³/mol. The molecule has 0 unspecified atom stereocenters. The molecule has 0 radical (unpaired) electrons. The van der Waals surface area contributed by atoms with E-state index in [0.717, 1.165) is 27.9 Å². The van der Waals surface area contributed by atoms with E-state index in [1.165, 1.54) is 0 Å². The fourth-order valence-electron chi connectivity index (χ4n) is 2.39.